The van der Waals surface area contributed by atoms with Gasteiger partial charge in [-0.3, -0.25) is 4.79 Å². The molecule has 1 atom stereocenters. The standard InChI is InChI=1S/C15H17F4NO3/c16-12-3-1-11(2-4-12)13-9-20(6-8-23-13)14(21)5-7-22-10-15(17,18)19/h1-4,13H,5-10H2. The molecule has 0 saturated carbocycles. The number of amides is 1. The van der Waals surface area contributed by atoms with E-state index in [1.807, 2.05) is 0 Å². The van der Waals surface area contributed by atoms with Gasteiger partial charge in [0.25, 0.3) is 0 Å². The van der Waals surface area contributed by atoms with Crippen molar-refractivity contribution in [3.05, 3.63) is 35.6 Å². The summed E-state index contributed by atoms with van der Waals surface area (Å²) < 4.78 is 58.7. The minimum Gasteiger partial charge on any atom is -0.372 e. The molecule has 0 aliphatic carbocycles. The number of nitrogens with zero attached hydrogens (tertiary/aromatic N) is 1. The van der Waals surface area contributed by atoms with Gasteiger partial charge in [-0.2, -0.15) is 13.2 Å². The van der Waals surface area contributed by atoms with Gasteiger partial charge in [0, 0.05) is 6.54 Å². The van der Waals surface area contributed by atoms with Crippen LogP contribution in [-0.4, -0.2) is 49.9 Å². The molecule has 1 saturated heterocycles. The highest BCUT2D eigenvalue weighted by Crippen LogP contribution is 2.23. The van der Waals surface area contributed by atoms with Crippen molar-refractivity contribution in [1.82, 2.24) is 4.90 Å². The fraction of sp³-hybridized carbons (Fsp3) is 0.533. The van der Waals surface area contributed by atoms with Gasteiger partial charge in [-0.25, -0.2) is 4.39 Å². The monoisotopic (exact) mass is 335 g/mol. The van der Waals surface area contributed by atoms with Gasteiger partial charge in [0.05, 0.1) is 26.2 Å². The van der Waals surface area contributed by atoms with E-state index in [2.05, 4.69) is 4.74 Å². The van der Waals surface area contributed by atoms with Crippen molar-refractivity contribution in [2.24, 2.45) is 0 Å². The fourth-order valence-corrected chi connectivity index (χ4v) is 2.26. The minimum atomic E-state index is -4.39. The zero-order valence-electron chi connectivity index (χ0n) is 12.3. The molecule has 23 heavy (non-hydrogen) atoms. The summed E-state index contributed by atoms with van der Waals surface area (Å²) in [5.41, 5.74) is 0.747. The summed E-state index contributed by atoms with van der Waals surface area (Å²) in [4.78, 5) is 13.5. The number of carbonyl (C=O) groups is 1. The molecule has 0 aromatic heterocycles. The van der Waals surface area contributed by atoms with Gasteiger partial charge < -0.3 is 14.4 Å². The number of alkyl halides is 3. The van der Waals surface area contributed by atoms with E-state index in [9.17, 15) is 22.4 Å². The molecule has 1 aromatic carbocycles. The van der Waals surface area contributed by atoms with Crippen LogP contribution in [0.2, 0.25) is 0 Å². The van der Waals surface area contributed by atoms with E-state index >= 15 is 0 Å². The lowest BCUT2D eigenvalue weighted by Crippen LogP contribution is -2.42. The maximum Gasteiger partial charge on any atom is 0.411 e. The number of carbonyl (C=O) groups excluding carboxylic acids is 1. The molecule has 1 aliphatic rings. The Morgan fingerprint density at radius 2 is 2.00 bits per heavy atom. The Morgan fingerprint density at radius 1 is 1.30 bits per heavy atom. The smallest absolute Gasteiger partial charge is 0.372 e. The molecule has 1 unspecified atom stereocenters. The third-order valence-electron chi connectivity index (χ3n) is 3.39. The topological polar surface area (TPSA) is 38.8 Å². The predicted molar refractivity (Wildman–Crippen MR) is 73.2 cm³/mol. The van der Waals surface area contributed by atoms with Crippen molar-refractivity contribution in [1.29, 1.82) is 0 Å². The molecular formula is C15H17F4NO3. The molecule has 4 nitrogen and oxygen atoms in total. The van der Waals surface area contributed by atoms with Crippen molar-refractivity contribution >= 4 is 5.91 Å². The lowest BCUT2D eigenvalue weighted by atomic mass is 10.1. The highest BCUT2D eigenvalue weighted by molar-refractivity contribution is 5.76. The summed E-state index contributed by atoms with van der Waals surface area (Å²) in [6, 6.07) is 5.79. The molecule has 0 bridgehead atoms. The Hall–Kier alpha value is -1.67. The van der Waals surface area contributed by atoms with Crippen molar-refractivity contribution < 1.29 is 31.8 Å². The fourth-order valence-electron chi connectivity index (χ4n) is 2.26. The highest BCUT2D eigenvalue weighted by atomic mass is 19.4. The first kappa shape index (κ1) is 17.7. The molecule has 2 rings (SSSR count). The van der Waals surface area contributed by atoms with Gasteiger partial charge in [0.1, 0.15) is 18.5 Å². The van der Waals surface area contributed by atoms with E-state index in [4.69, 9.17) is 4.74 Å². The summed E-state index contributed by atoms with van der Waals surface area (Å²) in [6.45, 7) is -0.671. The van der Waals surface area contributed by atoms with E-state index in [0.717, 1.165) is 5.56 Å². The SMILES string of the molecule is O=C(CCOCC(F)(F)F)N1CCOC(c2ccc(F)cc2)C1. The largest absolute Gasteiger partial charge is 0.411 e. The Labute approximate surface area is 131 Å². The van der Waals surface area contributed by atoms with Crippen LogP contribution in [0.3, 0.4) is 0 Å². The van der Waals surface area contributed by atoms with Crippen molar-refractivity contribution in [3.8, 4) is 0 Å². The number of morpholine rings is 1. The van der Waals surface area contributed by atoms with Crippen LogP contribution < -0.4 is 0 Å². The molecule has 1 aliphatic heterocycles. The molecule has 1 amide bonds. The Bertz CT molecular complexity index is 518. The van der Waals surface area contributed by atoms with Crippen LogP contribution >= 0.6 is 0 Å². The number of ether oxygens (including phenoxy) is 2. The van der Waals surface area contributed by atoms with Crippen LogP contribution in [0.25, 0.3) is 0 Å². The van der Waals surface area contributed by atoms with E-state index in [0.29, 0.717) is 13.2 Å². The second-order valence-corrected chi connectivity index (χ2v) is 5.17. The van der Waals surface area contributed by atoms with Gasteiger partial charge in [0.15, 0.2) is 0 Å². The molecule has 128 valence electrons. The molecule has 0 N–H and O–H groups in total. The highest BCUT2D eigenvalue weighted by Gasteiger charge is 2.28. The van der Waals surface area contributed by atoms with Crippen LogP contribution in [0.4, 0.5) is 17.6 Å². The predicted octanol–water partition coefficient (Wildman–Crippen LogP) is 2.69. The van der Waals surface area contributed by atoms with E-state index in [1.54, 1.807) is 12.1 Å². The van der Waals surface area contributed by atoms with Gasteiger partial charge >= 0.3 is 6.18 Å². The van der Waals surface area contributed by atoms with E-state index < -0.39 is 12.8 Å². The first-order valence-electron chi connectivity index (χ1n) is 7.14. The lowest BCUT2D eigenvalue weighted by Gasteiger charge is -2.33. The zero-order valence-corrected chi connectivity index (χ0v) is 12.3. The van der Waals surface area contributed by atoms with Gasteiger partial charge in [-0.05, 0) is 17.7 Å². The maximum atomic E-state index is 12.9. The van der Waals surface area contributed by atoms with Gasteiger partial charge in [-0.15, -0.1) is 0 Å². The van der Waals surface area contributed by atoms with Crippen LogP contribution in [0.15, 0.2) is 24.3 Å². The Morgan fingerprint density at radius 3 is 2.65 bits per heavy atom. The average molecular weight is 335 g/mol. The first-order valence-corrected chi connectivity index (χ1v) is 7.14. The number of benzene rings is 1. The number of hydrogen-bond acceptors (Lipinski definition) is 3. The third kappa shape index (κ3) is 5.80. The number of rotatable bonds is 5. The molecule has 1 fully saturated rings. The zero-order chi connectivity index (χ0) is 16.9. The normalized spacial score (nSPS) is 19.0. The van der Waals surface area contributed by atoms with Gasteiger partial charge in [-0.1, -0.05) is 12.1 Å². The van der Waals surface area contributed by atoms with Crippen molar-refractivity contribution in [2.45, 2.75) is 18.7 Å². The quantitative estimate of drug-likeness (QED) is 0.613. The molecule has 1 aromatic rings. The molecule has 0 spiro atoms. The van der Waals surface area contributed by atoms with E-state index in [1.165, 1.54) is 17.0 Å². The van der Waals surface area contributed by atoms with Crippen LogP contribution in [0, 0.1) is 5.82 Å². The second kappa shape index (κ2) is 7.74. The summed E-state index contributed by atoms with van der Waals surface area (Å²) in [6.07, 6.45) is -4.88. The second-order valence-electron chi connectivity index (χ2n) is 5.17. The van der Waals surface area contributed by atoms with E-state index in [-0.39, 0.29) is 37.4 Å². The summed E-state index contributed by atoms with van der Waals surface area (Å²) in [7, 11) is 0. The van der Waals surface area contributed by atoms with Crippen LogP contribution in [-0.2, 0) is 14.3 Å². The summed E-state index contributed by atoms with van der Waals surface area (Å²) in [5.74, 6) is -0.651. The van der Waals surface area contributed by atoms with Crippen LogP contribution in [0.5, 0.6) is 0 Å². The van der Waals surface area contributed by atoms with Crippen molar-refractivity contribution in [2.75, 3.05) is 32.9 Å². The number of halogens is 4. The minimum absolute atomic E-state index is 0.119. The molecule has 0 radical (unpaired) electrons. The Kier molecular flexibility index (Phi) is 5.95. The van der Waals surface area contributed by atoms with Gasteiger partial charge in [0.2, 0.25) is 5.91 Å². The summed E-state index contributed by atoms with van der Waals surface area (Å²) in [5, 5.41) is 0. The maximum absolute atomic E-state index is 12.9. The molecular weight excluding hydrogens is 318 g/mol. The Balaban J connectivity index is 1.81. The lowest BCUT2D eigenvalue weighted by molar-refractivity contribution is -0.175. The molecule has 1 heterocycles. The number of hydrogen-bond donors (Lipinski definition) is 0. The average Bonchev–Trinajstić information content (AvgIpc) is 2.51. The summed E-state index contributed by atoms with van der Waals surface area (Å²) >= 11 is 0. The first-order chi connectivity index (χ1) is 10.8. The van der Waals surface area contributed by atoms with Crippen molar-refractivity contribution in [3.63, 3.8) is 0 Å². The van der Waals surface area contributed by atoms with Crippen LogP contribution in [0.1, 0.15) is 18.1 Å². The molecule has 8 heteroatoms. The third-order valence-corrected chi connectivity index (χ3v) is 3.39.